The molecule has 0 saturated carbocycles. The monoisotopic (exact) mass is 441 g/mol. The SMILES string of the molecule is CCCOC(=O)OCCc1c(-c2cccc(S(C)(=O)=O)c2)cn(-c2ccccc2)c1C. The second-order valence-electron chi connectivity index (χ2n) is 7.31. The van der Waals surface area contributed by atoms with Gasteiger partial charge in [-0.15, -0.1) is 0 Å². The Morgan fingerprint density at radius 2 is 1.71 bits per heavy atom. The Morgan fingerprint density at radius 3 is 2.39 bits per heavy atom. The first-order chi connectivity index (χ1) is 14.8. The van der Waals surface area contributed by atoms with Crippen LogP contribution in [0.25, 0.3) is 16.8 Å². The van der Waals surface area contributed by atoms with Crippen molar-refractivity contribution in [3.63, 3.8) is 0 Å². The molecule has 0 atom stereocenters. The molecule has 6 nitrogen and oxygen atoms in total. The van der Waals surface area contributed by atoms with Crippen molar-refractivity contribution in [1.29, 1.82) is 0 Å². The summed E-state index contributed by atoms with van der Waals surface area (Å²) in [7, 11) is -3.33. The van der Waals surface area contributed by atoms with Gasteiger partial charge >= 0.3 is 6.16 Å². The number of hydrogen-bond acceptors (Lipinski definition) is 5. The minimum atomic E-state index is -3.33. The van der Waals surface area contributed by atoms with Crippen LogP contribution in [0.15, 0.2) is 65.7 Å². The van der Waals surface area contributed by atoms with Gasteiger partial charge in [0.15, 0.2) is 9.84 Å². The molecule has 1 heterocycles. The standard InChI is InChI=1S/C24H27NO5S/c1-4-14-29-24(26)30-15-13-22-18(2)25(20-10-6-5-7-11-20)17-23(22)19-9-8-12-21(16-19)31(3,27)28/h5-12,16-17H,4,13-15H2,1-3H3. The molecule has 0 aliphatic rings. The van der Waals surface area contributed by atoms with E-state index in [9.17, 15) is 13.2 Å². The van der Waals surface area contributed by atoms with Crippen molar-refractivity contribution in [2.75, 3.05) is 19.5 Å². The summed E-state index contributed by atoms with van der Waals surface area (Å²) in [5.74, 6) is 0. The summed E-state index contributed by atoms with van der Waals surface area (Å²) < 4.78 is 36.4. The number of carbonyl (C=O) groups excluding carboxylic acids is 1. The molecule has 0 saturated heterocycles. The van der Waals surface area contributed by atoms with E-state index < -0.39 is 16.0 Å². The summed E-state index contributed by atoms with van der Waals surface area (Å²) in [4.78, 5) is 12.0. The lowest BCUT2D eigenvalue weighted by atomic mass is 10.0. The summed E-state index contributed by atoms with van der Waals surface area (Å²) in [5, 5.41) is 0. The number of ether oxygens (including phenoxy) is 2. The van der Waals surface area contributed by atoms with E-state index in [1.54, 1.807) is 18.2 Å². The van der Waals surface area contributed by atoms with Crippen LogP contribution in [0.5, 0.6) is 0 Å². The molecular weight excluding hydrogens is 414 g/mol. The van der Waals surface area contributed by atoms with Crippen molar-refractivity contribution in [2.45, 2.75) is 31.6 Å². The Bertz CT molecular complexity index is 1150. The average Bonchev–Trinajstić information content (AvgIpc) is 3.09. The lowest BCUT2D eigenvalue weighted by Gasteiger charge is -2.09. The molecule has 2 aromatic carbocycles. The average molecular weight is 442 g/mol. The van der Waals surface area contributed by atoms with E-state index in [0.717, 1.165) is 34.5 Å². The fraction of sp³-hybridized carbons (Fsp3) is 0.292. The third kappa shape index (κ3) is 5.55. The molecule has 7 heteroatoms. The minimum Gasteiger partial charge on any atom is -0.434 e. The van der Waals surface area contributed by atoms with Gasteiger partial charge in [-0.2, -0.15) is 0 Å². The predicted octanol–water partition coefficient (Wildman–Crippen LogP) is 4.96. The number of benzene rings is 2. The van der Waals surface area contributed by atoms with Crippen LogP contribution in [-0.4, -0.2) is 38.6 Å². The van der Waals surface area contributed by atoms with Gasteiger partial charge in [0.2, 0.25) is 0 Å². The van der Waals surface area contributed by atoms with E-state index in [0.29, 0.717) is 13.0 Å². The van der Waals surface area contributed by atoms with Crippen LogP contribution >= 0.6 is 0 Å². The highest BCUT2D eigenvalue weighted by atomic mass is 32.2. The molecule has 0 aliphatic carbocycles. The van der Waals surface area contributed by atoms with E-state index in [4.69, 9.17) is 9.47 Å². The molecular formula is C24H27NO5S. The van der Waals surface area contributed by atoms with E-state index in [-0.39, 0.29) is 11.5 Å². The van der Waals surface area contributed by atoms with Gasteiger partial charge in [0.05, 0.1) is 18.1 Å². The lowest BCUT2D eigenvalue weighted by Crippen LogP contribution is -2.11. The number of nitrogens with zero attached hydrogens (tertiary/aromatic N) is 1. The van der Waals surface area contributed by atoms with Gasteiger partial charge in [-0.1, -0.05) is 37.3 Å². The largest absolute Gasteiger partial charge is 0.508 e. The van der Waals surface area contributed by atoms with Crippen molar-refractivity contribution < 1.29 is 22.7 Å². The summed E-state index contributed by atoms with van der Waals surface area (Å²) in [6.45, 7) is 4.41. The zero-order valence-corrected chi connectivity index (χ0v) is 18.8. The Balaban J connectivity index is 1.98. The second-order valence-corrected chi connectivity index (χ2v) is 9.32. The molecule has 0 amide bonds. The fourth-order valence-corrected chi connectivity index (χ4v) is 4.09. The van der Waals surface area contributed by atoms with Crippen molar-refractivity contribution in [1.82, 2.24) is 4.57 Å². The molecule has 0 spiro atoms. The maximum Gasteiger partial charge on any atom is 0.508 e. The number of carbonyl (C=O) groups is 1. The molecule has 0 N–H and O–H groups in total. The lowest BCUT2D eigenvalue weighted by molar-refractivity contribution is 0.0562. The number of aromatic nitrogens is 1. The predicted molar refractivity (Wildman–Crippen MR) is 120 cm³/mol. The van der Waals surface area contributed by atoms with E-state index in [2.05, 4.69) is 4.57 Å². The quantitative estimate of drug-likeness (QED) is 0.462. The van der Waals surface area contributed by atoms with Crippen LogP contribution in [0, 0.1) is 6.92 Å². The van der Waals surface area contributed by atoms with Crippen molar-refractivity contribution >= 4 is 16.0 Å². The number of sulfone groups is 1. The molecule has 0 fully saturated rings. The topological polar surface area (TPSA) is 74.6 Å². The summed E-state index contributed by atoms with van der Waals surface area (Å²) in [6, 6.07) is 16.8. The maximum absolute atomic E-state index is 12.1. The normalized spacial score (nSPS) is 11.3. The molecule has 0 radical (unpaired) electrons. The smallest absolute Gasteiger partial charge is 0.434 e. The third-order valence-electron chi connectivity index (χ3n) is 4.98. The Hall–Kier alpha value is -3.06. The van der Waals surface area contributed by atoms with Crippen molar-refractivity contribution in [3.05, 3.63) is 72.1 Å². The molecule has 164 valence electrons. The third-order valence-corrected chi connectivity index (χ3v) is 6.10. The fourth-order valence-electron chi connectivity index (χ4n) is 3.42. The van der Waals surface area contributed by atoms with Crippen molar-refractivity contribution in [3.8, 4) is 16.8 Å². The van der Waals surface area contributed by atoms with Crippen LogP contribution in [0.1, 0.15) is 24.6 Å². The minimum absolute atomic E-state index is 0.168. The van der Waals surface area contributed by atoms with Gasteiger partial charge in [0, 0.05) is 35.8 Å². The number of hydrogen-bond donors (Lipinski definition) is 0. The van der Waals surface area contributed by atoms with Crippen LogP contribution in [0.2, 0.25) is 0 Å². The molecule has 1 aromatic heterocycles. The molecule has 0 aliphatic heterocycles. The van der Waals surface area contributed by atoms with E-state index in [1.807, 2.05) is 56.4 Å². The number of para-hydroxylation sites is 1. The molecule has 0 bridgehead atoms. The Morgan fingerprint density at radius 1 is 1.00 bits per heavy atom. The first kappa shape index (κ1) is 22.6. The zero-order valence-electron chi connectivity index (χ0n) is 18.0. The summed E-state index contributed by atoms with van der Waals surface area (Å²) in [5.41, 5.74) is 4.67. The van der Waals surface area contributed by atoms with E-state index >= 15 is 0 Å². The molecule has 31 heavy (non-hydrogen) atoms. The van der Waals surface area contributed by atoms with Gasteiger partial charge in [0.1, 0.15) is 0 Å². The molecule has 0 unspecified atom stereocenters. The highest BCUT2D eigenvalue weighted by Crippen LogP contribution is 2.32. The van der Waals surface area contributed by atoms with E-state index in [1.165, 1.54) is 6.26 Å². The van der Waals surface area contributed by atoms with Gasteiger partial charge < -0.3 is 14.0 Å². The Labute approximate surface area is 183 Å². The molecule has 3 rings (SSSR count). The van der Waals surface area contributed by atoms with Gasteiger partial charge in [0.25, 0.3) is 0 Å². The van der Waals surface area contributed by atoms with Crippen LogP contribution in [-0.2, 0) is 25.7 Å². The van der Waals surface area contributed by atoms with Crippen molar-refractivity contribution in [2.24, 2.45) is 0 Å². The summed E-state index contributed by atoms with van der Waals surface area (Å²) >= 11 is 0. The molecule has 3 aromatic rings. The zero-order chi connectivity index (χ0) is 22.4. The van der Waals surface area contributed by atoms with Crippen LogP contribution in [0.3, 0.4) is 0 Å². The first-order valence-electron chi connectivity index (χ1n) is 10.2. The van der Waals surface area contributed by atoms with Crippen LogP contribution < -0.4 is 0 Å². The van der Waals surface area contributed by atoms with Gasteiger partial charge in [-0.25, -0.2) is 13.2 Å². The first-order valence-corrected chi connectivity index (χ1v) is 12.1. The maximum atomic E-state index is 12.1. The Kier molecular flexibility index (Phi) is 7.17. The number of rotatable bonds is 8. The summed E-state index contributed by atoms with van der Waals surface area (Å²) in [6.07, 6.45) is 3.72. The highest BCUT2D eigenvalue weighted by molar-refractivity contribution is 7.90. The second kappa shape index (κ2) is 9.83. The van der Waals surface area contributed by atoms with Gasteiger partial charge in [-0.05, 0) is 48.7 Å². The van der Waals surface area contributed by atoms with Gasteiger partial charge in [-0.3, -0.25) is 0 Å². The highest BCUT2D eigenvalue weighted by Gasteiger charge is 2.17. The van der Waals surface area contributed by atoms with Crippen LogP contribution in [0.4, 0.5) is 4.79 Å².